The molecule has 0 saturated carbocycles. The van der Waals surface area contributed by atoms with E-state index in [1.807, 2.05) is 12.1 Å². The highest BCUT2D eigenvalue weighted by Gasteiger charge is 2.32. The number of carbonyl (C=O) groups excluding carboxylic acids is 1. The minimum absolute atomic E-state index is 0.174. The van der Waals surface area contributed by atoms with Crippen molar-refractivity contribution in [2.45, 2.75) is 45.1 Å². The van der Waals surface area contributed by atoms with Crippen molar-refractivity contribution >= 4 is 5.91 Å². The van der Waals surface area contributed by atoms with E-state index in [-0.39, 0.29) is 5.92 Å². The summed E-state index contributed by atoms with van der Waals surface area (Å²) in [5, 5.41) is 0. The summed E-state index contributed by atoms with van der Waals surface area (Å²) in [7, 11) is 3.40. The van der Waals surface area contributed by atoms with Gasteiger partial charge in [0, 0.05) is 13.1 Å². The Kier molecular flexibility index (Phi) is 6.78. The molecule has 0 aliphatic carbocycles. The zero-order valence-corrected chi connectivity index (χ0v) is 16.3. The van der Waals surface area contributed by atoms with Gasteiger partial charge in [0.2, 0.25) is 5.91 Å². The van der Waals surface area contributed by atoms with Gasteiger partial charge < -0.3 is 19.3 Å². The van der Waals surface area contributed by atoms with Gasteiger partial charge in [-0.3, -0.25) is 4.79 Å². The molecule has 26 heavy (non-hydrogen) atoms. The Hall–Kier alpha value is -1.75. The van der Waals surface area contributed by atoms with Gasteiger partial charge in [-0.25, -0.2) is 0 Å². The predicted octanol–water partition coefficient (Wildman–Crippen LogP) is 1.90. The molecule has 2 heterocycles. The summed E-state index contributed by atoms with van der Waals surface area (Å²) in [5.41, 5.74) is 1.16. The summed E-state index contributed by atoms with van der Waals surface area (Å²) in [5.74, 6) is 2.32. The Morgan fingerprint density at radius 1 is 1.12 bits per heavy atom. The van der Waals surface area contributed by atoms with Crippen LogP contribution >= 0.6 is 0 Å². The second-order valence-electron chi connectivity index (χ2n) is 7.64. The lowest BCUT2D eigenvalue weighted by Crippen LogP contribution is -3.12. The number of methoxy groups -OCH3 is 2. The first-order chi connectivity index (χ1) is 12.7. The fourth-order valence-corrected chi connectivity index (χ4v) is 4.36. The van der Waals surface area contributed by atoms with E-state index < -0.39 is 0 Å². The maximum absolute atomic E-state index is 13.0. The number of nitrogens with one attached hydrogen (secondary N) is 1. The average Bonchev–Trinajstić information content (AvgIpc) is 2.97. The monoisotopic (exact) mass is 361 g/mol. The van der Waals surface area contributed by atoms with E-state index in [0.29, 0.717) is 5.91 Å². The Bertz CT molecular complexity index is 597. The molecular weight excluding hydrogens is 328 g/mol. The molecule has 0 radical (unpaired) electrons. The predicted molar refractivity (Wildman–Crippen MR) is 102 cm³/mol. The van der Waals surface area contributed by atoms with Gasteiger partial charge in [-0.2, -0.15) is 0 Å². The van der Waals surface area contributed by atoms with Crippen LogP contribution in [0, 0.1) is 5.92 Å². The first-order valence-electron chi connectivity index (χ1n) is 10.0. The van der Waals surface area contributed by atoms with E-state index >= 15 is 0 Å². The number of amides is 1. The molecule has 2 saturated heterocycles. The number of quaternary nitrogens is 1. The van der Waals surface area contributed by atoms with Crippen molar-refractivity contribution in [1.29, 1.82) is 0 Å². The molecule has 5 nitrogen and oxygen atoms in total. The number of piperidine rings is 1. The third-order valence-corrected chi connectivity index (χ3v) is 5.81. The van der Waals surface area contributed by atoms with Crippen LogP contribution in [0.5, 0.6) is 11.5 Å². The number of ether oxygens (including phenoxy) is 2. The Morgan fingerprint density at radius 2 is 1.88 bits per heavy atom. The third-order valence-electron chi connectivity index (χ3n) is 5.81. The van der Waals surface area contributed by atoms with E-state index in [1.165, 1.54) is 17.7 Å². The van der Waals surface area contributed by atoms with Crippen molar-refractivity contribution in [3.05, 3.63) is 23.8 Å². The SMILES string of the molecule is COc1ccc(OC)c(C[NH+]2CCC[C@@H](C(=O)N3CCCCCC3)C2)c1. The molecule has 0 aromatic heterocycles. The minimum Gasteiger partial charge on any atom is -0.497 e. The quantitative estimate of drug-likeness (QED) is 0.871. The van der Waals surface area contributed by atoms with Crippen molar-refractivity contribution in [1.82, 2.24) is 4.90 Å². The smallest absolute Gasteiger partial charge is 0.231 e. The summed E-state index contributed by atoms with van der Waals surface area (Å²) >= 11 is 0. The first-order valence-corrected chi connectivity index (χ1v) is 10.0. The standard InChI is InChI=1S/C21H32N2O3/c1-25-19-9-10-20(26-2)18(14-19)16-22-11-7-8-17(15-22)21(24)23-12-5-3-4-6-13-23/h9-10,14,17H,3-8,11-13,15-16H2,1-2H3/p+1/t17-/m1/s1. The van der Waals surface area contributed by atoms with Crippen LogP contribution in [0.3, 0.4) is 0 Å². The Labute approximate surface area is 157 Å². The van der Waals surface area contributed by atoms with E-state index in [2.05, 4.69) is 11.0 Å². The zero-order chi connectivity index (χ0) is 18.4. The van der Waals surface area contributed by atoms with Gasteiger partial charge in [0.1, 0.15) is 18.0 Å². The Morgan fingerprint density at radius 3 is 2.58 bits per heavy atom. The molecule has 2 fully saturated rings. The largest absolute Gasteiger partial charge is 0.497 e. The van der Waals surface area contributed by atoms with Crippen LogP contribution < -0.4 is 14.4 Å². The van der Waals surface area contributed by atoms with E-state index in [4.69, 9.17) is 9.47 Å². The minimum atomic E-state index is 0.174. The van der Waals surface area contributed by atoms with Gasteiger partial charge >= 0.3 is 0 Å². The number of nitrogens with zero attached hydrogens (tertiary/aromatic N) is 1. The van der Waals surface area contributed by atoms with Gasteiger partial charge in [0.05, 0.1) is 38.8 Å². The highest BCUT2D eigenvalue weighted by molar-refractivity contribution is 5.79. The lowest BCUT2D eigenvalue weighted by Gasteiger charge is -2.32. The van der Waals surface area contributed by atoms with Gasteiger partial charge in [0.15, 0.2) is 0 Å². The molecule has 1 unspecified atom stereocenters. The summed E-state index contributed by atoms with van der Waals surface area (Å²) in [6, 6.07) is 5.96. The van der Waals surface area contributed by atoms with Crippen LogP contribution in [-0.2, 0) is 11.3 Å². The molecule has 0 bridgehead atoms. The van der Waals surface area contributed by atoms with Crippen molar-refractivity contribution in [3.63, 3.8) is 0 Å². The molecule has 1 aromatic rings. The maximum Gasteiger partial charge on any atom is 0.231 e. The number of rotatable bonds is 5. The Balaban J connectivity index is 1.64. The van der Waals surface area contributed by atoms with Crippen LogP contribution in [0.15, 0.2) is 18.2 Å². The lowest BCUT2D eigenvalue weighted by atomic mass is 9.95. The topological polar surface area (TPSA) is 43.2 Å². The van der Waals surface area contributed by atoms with E-state index in [1.54, 1.807) is 14.2 Å². The lowest BCUT2D eigenvalue weighted by molar-refractivity contribution is -0.921. The van der Waals surface area contributed by atoms with Gasteiger partial charge in [-0.05, 0) is 43.9 Å². The van der Waals surface area contributed by atoms with Crippen LogP contribution in [-0.4, -0.2) is 51.2 Å². The first kappa shape index (κ1) is 19.0. The molecule has 2 aliphatic rings. The molecule has 144 valence electrons. The number of hydrogen-bond donors (Lipinski definition) is 1. The van der Waals surface area contributed by atoms with Crippen LogP contribution in [0.4, 0.5) is 0 Å². The second-order valence-corrected chi connectivity index (χ2v) is 7.64. The number of likely N-dealkylation sites (tertiary alicyclic amines) is 2. The molecule has 5 heteroatoms. The van der Waals surface area contributed by atoms with Crippen LogP contribution in [0.1, 0.15) is 44.1 Å². The fraction of sp³-hybridized carbons (Fsp3) is 0.667. The fourth-order valence-electron chi connectivity index (χ4n) is 4.36. The summed E-state index contributed by atoms with van der Waals surface area (Å²) < 4.78 is 10.9. The van der Waals surface area contributed by atoms with Gasteiger partial charge in [-0.15, -0.1) is 0 Å². The van der Waals surface area contributed by atoms with Gasteiger partial charge in [0.25, 0.3) is 0 Å². The maximum atomic E-state index is 13.0. The molecule has 1 amide bonds. The normalized spacial score (nSPS) is 24.0. The highest BCUT2D eigenvalue weighted by Crippen LogP contribution is 2.23. The van der Waals surface area contributed by atoms with Gasteiger partial charge in [-0.1, -0.05) is 12.8 Å². The summed E-state index contributed by atoms with van der Waals surface area (Å²) in [4.78, 5) is 16.6. The second kappa shape index (κ2) is 9.26. The highest BCUT2D eigenvalue weighted by atomic mass is 16.5. The molecule has 3 rings (SSSR count). The molecule has 1 N–H and O–H groups in total. The number of benzene rings is 1. The van der Waals surface area contributed by atoms with E-state index in [9.17, 15) is 4.79 Å². The average molecular weight is 362 g/mol. The van der Waals surface area contributed by atoms with E-state index in [0.717, 1.165) is 75.5 Å². The van der Waals surface area contributed by atoms with Crippen LogP contribution in [0.2, 0.25) is 0 Å². The van der Waals surface area contributed by atoms with Crippen molar-refractivity contribution < 1.29 is 19.2 Å². The summed E-state index contributed by atoms with van der Waals surface area (Å²) in [6.07, 6.45) is 7.01. The molecule has 2 atom stereocenters. The third kappa shape index (κ3) is 4.70. The summed E-state index contributed by atoms with van der Waals surface area (Å²) in [6.45, 7) is 4.83. The van der Waals surface area contributed by atoms with Crippen molar-refractivity contribution in [2.75, 3.05) is 40.4 Å². The molecular formula is C21H33N2O3+. The van der Waals surface area contributed by atoms with Crippen LogP contribution in [0.25, 0.3) is 0 Å². The molecule has 2 aliphatic heterocycles. The molecule has 1 aromatic carbocycles. The molecule has 0 spiro atoms. The van der Waals surface area contributed by atoms with Crippen molar-refractivity contribution in [2.24, 2.45) is 5.92 Å². The number of hydrogen-bond acceptors (Lipinski definition) is 3. The zero-order valence-electron chi connectivity index (χ0n) is 16.3. The number of carbonyl (C=O) groups is 1. The van der Waals surface area contributed by atoms with Crippen molar-refractivity contribution in [3.8, 4) is 11.5 Å².